The predicted octanol–water partition coefficient (Wildman–Crippen LogP) is 3.64. The maximum atomic E-state index is 12.3. The van der Waals surface area contributed by atoms with Crippen LogP contribution in [-0.4, -0.2) is 13.1 Å². The molecule has 17 heavy (non-hydrogen) atoms. The molecule has 96 valence electrons. The van der Waals surface area contributed by atoms with Gasteiger partial charge >= 0.3 is 6.18 Å². The van der Waals surface area contributed by atoms with Crippen LogP contribution in [0.1, 0.15) is 30.9 Å². The molecule has 4 heteroatoms. The van der Waals surface area contributed by atoms with E-state index in [0.29, 0.717) is 0 Å². The molecule has 1 nitrogen and oxygen atoms in total. The van der Waals surface area contributed by atoms with Gasteiger partial charge in [0.1, 0.15) is 0 Å². The number of hydrogen-bond acceptors (Lipinski definition) is 1. The van der Waals surface area contributed by atoms with E-state index >= 15 is 0 Å². The van der Waals surface area contributed by atoms with Crippen LogP contribution >= 0.6 is 0 Å². The standard InChI is InChI=1S/C13H18F3N/c1-2-3-9-17-10-8-11-4-6-12(7-5-11)13(14,15)16/h4-7,17H,2-3,8-10H2,1H3. The van der Waals surface area contributed by atoms with Crippen LogP contribution < -0.4 is 5.32 Å². The van der Waals surface area contributed by atoms with E-state index in [1.165, 1.54) is 0 Å². The van der Waals surface area contributed by atoms with Gasteiger partial charge in [-0.2, -0.15) is 13.2 Å². The minimum atomic E-state index is -4.24. The van der Waals surface area contributed by atoms with Gasteiger partial charge < -0.3 is 5.32 Å². The molecule has 0 saturated carbocycles. The first-order valence-electron chi connectivity index (χ1n) is 5.91. The second-order valence-corrected chi connectivity index (χ2v) is 4.05. The Morgan fingerprint density at radius 3 is 2.24 bits per heavy atom. The maximum absolute atomic E-state index is 12.3. The first-order chi connectivity index (χ1) is 8.04. The summed E-state index contributed by atoms with van der Waals surface area (Å²) < 4.78 is 36.9. The molecule has 1 N–H and O–H groups in total. The normalized spacial score (nSPS) is 11.8. The highest BCUT2D eigenvalue weighted by atomic mass is 19.4. The van der Waals surface area contributed by atoms with Gasteiger partial charge in [-0.25, -0.2) is 0 Å². The van der Waals surface area contributed by atoms with Crippen LogP contribution in [0.5, 0.6) is 0 Å². The van der Waals surface area contributed by atoms with Crippen molar-refractivity contribution in [3.05, 3.63) is 35.4 Å². The van der Waals surface area contributed by atoms with Crippen LogP contribution in [0.15, 0.2) is 24.3 Å². The Bertz CT molecular complexity index is 316. The zero-order chi connectivity index (χ0) is 12.7. The summed E-state index contributed by atoms with van der Waals surface area (Å²) in [6.45, 7) is 3.90. The zero-order valence-electron chi connectivity index (χ0n) is 9.98. The van der Waals surface area contributed by atoms with E-state index in [0.717, 1.165) is 50.0 Å². The van der Waals surface area contributed by atoms with Gasteiger partial charge in [0.05, 0.1) is 5.56 Å². The van der Waals surface area contributed by atoms with Crippen molar-refractivity contribution in [3.63, 3.8) is 0 Å². The summed E-state index contributed by atoms with van der Waals surface area (Å²) in [6, 6.07) is 5.37. The van der Waals surface area contributed by atoms with Crippen molar-refractivity contribution in [2.45, 2.75) is 32.4 Å². The molecule has 0 atom stereocenters. The summed E-state index contributed by atoms with van der Waals surface area (Å²) in [5.41, 5.74) is 0.349. The van der Waals surface area contributed by atoms with Crippen LogP contribution in [-0.2, 0) is 12.6 Å². The van der Waals surface area contributed by atoms with Crippen molar-refractivity contribution >= 4 is 0 Å². The average Bonchev–Trinajstić information content (AvgIpc) is 2.28. The Kier molecular flexibility index (Phi) is 5.48. The van der Waals surface area contributed by atoms with Gasteiger partial charge in [-0.15, -0.1) is 0 Å². The Hall–Kier alpha value is -1.03. The third-order valence-electron chi connectivity index (χ3n) is 2.58. The molecule has 1 rings (SSSR count). The molecule has 0 radical (unpaired) electrons. The second-order valence-electron chi connectivity index (χ2n) is 4.05. The second kappa shape index (κ2) is 6.64. The van der Waals surface area contributed by atoms with Gasteiger partial charge in [0, 0.05) is 0 Å². The number of alkyl halides is 3. The Morgan fingerprint density at radius 2 is 1.71 bits per heavy atom. The molecule has 0 aliphatic rings. The van der Waals surface area contributed by atoms with E-state index in [4.69, 9.17) is 0 Å². The number of unbranched alkanes of at least 4 members (excludes halogenated alkanes) is 1. The van der Waals surface area contributed by atoms with E-state index in [2.05, 4.69) is 12.2 Å². The predicted molar refractivity (Wildman–Crippen MR) is 62.9 cm³/mol. The molecule has 0 aliphatic heterocycles. The monoisotopic (exact) mass is 245 g/mol. The van der Waals surface area contributed by atoms with E-state index in [1.807, 2.05) is 0 Å². The quantitative estimate of drug-likeness (QED) is 0.754. The van der Waals surface area contributed by atoms with E-state index in [1.54, 1.807) is 12.1 Å². The number of nitrogens with one attached hydrogen (secondary N) is 1. The lowest BCUT2D eigenvalue weighted by Crippen LogP contribution is -2.18. The van der Waals surface area contributed by atoms with Gasteiger partial charge in [-0.1, -0.05) is 25.5 Å². The van der Waals surface area contributed by atoms with E-state index in [9.17, 15) is 13.2 Å². The number of hydrogen-bond donors (Lipinski definition) is 1. The fraction of sp³-hybridized carbons (Fsp3) is 0.538. The number of rotatable bonds is 6. The Labute approximate surface area is 100 Å². The first-order valence-corrected chi connectivity index (χ1v) is 5.91. The van der Waals surface area contributed by atoms with Gasteiger partial charge in [-0.05, 0) is 43.6 Å². The smallest absolute Gasteiger partial charge is 0.316 e. The molecule has 0 unspecified atom stereocenters. The largest absolute Gasteiger partial charge is 0.416 e. The third-order valence-corrected chi connectivity index (χ3v) is 2.58. The van der Waals surface area contributed by atoms with Crippen molar-refractivity contribution < 1.29 is 13.2 Å². The van der Waals surface area contributed by atoms with Crippen LogP contribution in [0.25, 0.3) is 0 Å². The highest BCUT2D eigenvalue weighted by Crippen LogP contribution is 2.29. The minimum absolute atomic E-state index is 0.583. The van der Waals surface area contributed by atoms with Crippen LogP contribution in [0.3, 0.4) is 0 Å². The zero-order valence-corrected chi connectivity index (χ0v) is 9.98. The van der Waals surface area contributed by atoms with Gasteiger partial charge in [0.15, 0.2) is 0 Å². The Morgan fingerprint density at radius 1 is 1.06 bits per heavy atom. The molecule has 0 amide bonds. The third kappa shape index (κ3) is 5.22. The molecule has 0 saturated heterocycles. The summed E-state index contributed by atoms with van der Waals surface area (Å²) in [4.78, 5) is 0. The van der Waals surface area contributed by atoms with Crippen LogP contribution in [0, 0.1) is 0 Å². The lowest BCUT2D eigenvalue weighted by atomic mass is 10.1. The van der Waals surface area contributed by atoms with E-state index < -0.39 is 11.7 Å². The minimum Gasteiger partial charge on any atom is -0.316 e. The van der Waals surface area contributed by atoms with Gasteiger partial charge in [-0.3, -0.25) is 0 Å². The molecule has 1 aromatic rings. The van der Waals surface area contributed by atoms with Crippen molar-refractivity contribution in [2.75, 3.05) is 13.1 Å². The highest BCUT2D eigenvalue weighted by molar-refractivity contribution is 5.24. The Balaban J connectivity index is 2.36. The fourth-order valence-corrected chi connectivity index (χ4v) is 1.52. The molecule has 0 heterocycles. The van der Waals surface area contributed by atoms with Crippen molar-refractivity contribution in [3.8, 4) is 0 Å². The van der Waals surface area contributed by atoms with Gasteiger partial charge in [0.25, 0.3) is 0 Å². The summed E-state index contributed by atoms with van der Waals surface area (Å²) in [5, 5.41) is 3.26. The maximum Gasteiger partial charge on any atom is 0.416 e. The van der Waals surface area contributed by atoms with Crippen LogP contribution in [0.2, 0.25) is 0 Å². The molecule has 0 aliphatic carbocycles. The summed E-state index contributed by atoms with van der Waals surface area (Å²) in [6.07, 6.45) is -1.19. The van der Waals surface area contributed by atoms with Crippen molar-refractivity contribution in [2.24, 2.45) is 0 Å². The fourth-order valence-electron chi connectivity index (χ4n) is 1.52. The molecular formula is C13H18F3N. The topological polar surface area (TPSA) is 12.0 Å². The van der Waals surface area contributed by atoms with Crippen molar-refractivity contribution in [1.82, 2.24) is 5.32 Å². The molecule has 0 aromatic heterocycles. The molecule has 1 aromatic carbocycles. The summed E-state index contributed by atoms with van der Waals surface area (Å²) >= 11 is 0. The SMILES string of the molecule is CCCCNCCc1ccc(C(F)(F)F)cc1. The number of benzene rings is 1. The highest BCUT2D eigenvalue weighted by Gasteiger charge is 2.29. The lowest BCUT2D eigenvalue weighted by Gasteiger charge is -2.08. The molecule has 0 bridgehead atoms. The summed E-state index contributed by atoms with van der Waals surface area (Å²) in [7, 11) is 0. The molecular weight excluding hydrogens is 227 g/mol. The summed E-state index contributed by atoms with van der Waals surface area (Å²) in [5.74, 6) is 0. The lowest BCUT2D eigenvalue weighted by molar-refractivity contribution is -0.137. The average molecular weight is 245 g/mol. The number of halogens is 3. The van der Waals surface area contributed by atoms with Crippen LogP contribution in [0.4, 0.5) is 13.2 Å². The first kappa shape index (κ1) is 14.0. The molecule has 0 spiro atoms. The van der Waals surface area contributed by atoms with Gasteiger partial charge in [0.2, 0.25) is 0 Å². The van der Waals surface area contributed by atoms with Crippen molar-refractivity contribution in [1.29, 1.82) is 0 Å². The van der Waals surface area contributed by atoms with E-state index in [-0.39, 0.29) is 0 Å². The molecule has 0 fully saturated rings.